The molecule has 1 unspecified atom stereocenters. The first-order valence-electron chi connectivity index (χ1n) is 8.51. The minimum Gasteiger partial charge on any atom is -0.280 e. The van der Waals surface area contributed by atoms with E-state index in [-0.39, 0.29) is 22.0 Å². The topological polar surface area (TPSA) is 46.3 Å². The summed E-state index contributed by atoms with van der Waals surface area (Å²) in [6.07, 6.45) is -2.04. The van der Waals surface area contributed by atoms with Crippen LogP contribution in [0.1, 0.15) is 17.5 Å². The van der Waals surface area contributed by atoms with Gasteiger partial charge in [0.25, 0.3) is 0 Å². The Labute approximate surface area is 174 Å². The van der Waals surface area contributed by atoms with E-state index in [1.807, 2.05) is 0 Å². The van der Waals surface area contributed by atoms with Crippen molar-refractivity contribution in [2.75, 3.05) is 7.05 Å². The summed E-state index contributed by atoms with van der Waals surface area (Å²) in [4.78, 5) is 3.88. The van der Waals surface area contributed by atoms with Gasteiger partial charge in [0, 0.05) is 23.5 Å². The van der Waals surface area contributed by atoms with E-state index in [0.29, 0.717) is 11.3 Å². The van der Waals surface area contributed by atoms with Crippen LogP contribution in [0.2, 0.25) is 10.0 Å². The summed E-state index contributed by atoms with van der Waals surface area (Å²) in [5.74, 6) is 0. The first-order valence-corrected chi connectivity index (χ1v) is 9.26. The van der Waals surface area contributed by atoms with E-state index in [0.717, 1.165) is 10.7 Å². The Morgan fingerprint density at radius 3 is 2.24 bits per heavy atom. The molecule has 2 aromatic carbocycles. The van der Waals surface area contributed by atoms with Crippen LogP contribution in [-0.4, -0.2) is 38.7 Å². The second kappa shape index (κ2) is 7.03. The van der Waals surface area contributed by atoms with E-state index >= 15 is 0 Å². The summed E-state index contributed by atoms with van der Waals surface area (Å²) >= 11 is 12.0. The molecule has 2 heterocycles. The Kier molecular flexibility index (Phi) is 4.78. The molecule has 0 N–H and O–H groups in total. The van der Waals surface area contributed by atoms with Crippen LogP contribution in [0.3, 0.4) is 0 Å². The third-order valence-electron chi connectivity index (χ3n) is 4.94. The average Bonchev–Trinajstić information content (AvgIpc) is 3.29. The molecule has 1 aliphatic heterocycles. The van der Waals surface area contributed by atoms with Crippen molar-refractivity contribution in [3.63, 3.8) is 0 Å². The highest BCUT2D eigenvalue weighted by molar-refractivity contribution is 6.34. The number of hydrogen-bond acceptors (Lipinski definition) is 4. The van der Waals surface area contributed by atoms with Gasteiger partial charge in [-0.05, 0) is 41.5 Å². The van der Waals surface area contributed by atoms with E-state index in [9.17, 15) is 13.2 Å². The molecule has 0 saturated heterocycles. The number of nitrogens with zero attached hydrogens (tertiary/aromatic N) is 5. The molecule has 4 rings (SSSR count). The van der Waals surface area contributed by atoms with Gasteiger partial charge in [-0.15, -0.1) is 0 Å². The monoisotopic (exact) mass is 439 g/mol. The summed E-state index contributed by atoms with van der Waals surface area (Å²) in [6.45, 7) is 0. The number of aromatic nitrogens is 3. The SMILES string of the molecule is CN1N=C(c2ccc(-n3cncn3)cc2)CC1(c1cc(Cl)cc(Cl)c1)C(F)(F)F. The van der Waals surface area contributed by atoms with Gasteiger partial charge in [-0.2, -0.15) is 23.4 Å². The number of rotatable bonds is 3. The van der Waals surface area contributed by atoms with Gasteiger partial charge in [-0.1, -0.05) is 35.3 Å². The summed E-state index contributed by atoms with van der Waals surface area (Å²) < 4.78 is 44.6. The van der Waals surface area contributed by atoms with Crippen LogP contribution in [-0.2, 0) is 5.54 Å². The lowest BCUT2D eigenvalue weighted by atomic mass is 9.83. The Balaban J connectivity index is 1.73. The van der Waals surface area contributed by atoms with Crippen molar-refractivity contribution in [3.8, 4) is 5.69 Å². The van der Waals surface area contributed by atoms with E-state index in [2.05, 4.69) is 15.2 Å². The van der Waals surface area contributed by atoms with Crippen LogP contribution >= 0.6 is 23.2 Å². The van der Waals surface area contributed by atoms with Crippen LogP contribution in [0.4, 0.5) is 13.2 Å². The Morgan fingerprint density at radius 2 is 1.69 bits per heavy atom. The van der Waals surface area contributed by atoms with Crippen LogP contribution in [0.15, 0.2) is 60.2 Å². The number of benzene rings is 2. The molecule has 0 amide bonds. The molecular weight excluding hydrogens is 426 g/mol. The maximum absolute atomic E-state index is 14.3. The maximum atomic E-state index is 14.3. The van der Waals surface area contributed by atoms with Gasteiger partial charge < -0.3 is 0 Å². The van der Waals surface area contributed by atoms with Crippen molar-refractivity contribution in [3.05, 3.63) is 76.3 Å². The Morgan fingerprint density at radius 1 is 1.03 bits per heavy atom. The highest BCUT2D eigenvalue weighted by Gasteiger charge is 2.62. The van der Waals surface area contributed by atoms with E-state index in [4.69, 9.17) is 23.2 Å². The zero-order valence-electron chi connectivity index (χ0n) is 15.0. The number of hydrogen-bond donors (Lipinski definition) is 0. The van der Waals surface area contributed by atoms with Gasteiger partial charge >= 0.3 is 6.18 Å². The third-order valence-corrected chi connectivity index (χ3v) is 5.38. The predicted molar refractivity (Wildman–Crippen MR) is 104 cm³/mol. The fourth-order valence-electron chi connectivity index (χ4n) is 3.50. The molecule has 0 spiro atoms. The lowest BCUT2D eigenvalue weighted by Gasteiger charge is -2.37. The molecule has 0 radical (unpaired) electrons. The molecule has 0 saturated carbocycles. The summed E-state index contributed by atoms with van der Waals surface area (Å²) in [7, 11) is 1.30. The normalized spacial score (nSPS) is 19.5. The number of alkyl halides is 3. The average molecular weight is 440 g/mol. The van der Waals surface area contributed by atoms with Crippen LogP contribution in [0, 0.1) is 0 Å². The van der Waals surface area contributed by atoms with E-state index in [1.54, 1.807) is 28.9 Å². The molecule has 0 fully saturated rings. The molecule has 1 atom stereocenters. The minimum atomic E-state index is -4.61. The van der Waals surface area contributed by atoms with E-state index < -0.39 is 11.7 Å². The smallest absolute Gasteiger partial charge is 0.280 e. The zero-order valence-corrected chi connectivity index (χ0v) is 16.5. The largest absolute Gasteiger partial charge is 0.417 e. The number of halogens is 5. The molecule has 10 heteroatoms. The van der Waals surface area contributed by atoms with Gasteiger partial charge in [0.1, 0.15) is 12.7 Å². The Hall–Kier alpha value is -2.58. The van der Waals surface area contributed by atoms with Gasteiger partial charge in [-0.25, -0.2) is 9.67 Å². The second-order valence-corrected chi connectivity index (χ2v) is 7.52. The molecular formula is C19H14Cl2F3N5. The predicted octanol–water partition coefficient (Wildman–Crippen LogP) is 5.07. The van der Waals surface area contributed by atoms with Crippen LogP contribution in [0.25, 0.3) is 5.69 Å². The second-order valence-electron chi connectivity index (χ2n) is 6.65. The molecule has 3 aromatic rings. The first-order chi connectivity index (χ1) is 13.7. The van der Waals surface area contributed by atoms with E-state index in [1.165, 1.54) is 37.9 Å². The van der Waals surface area contributed by atoms with Crippen LogP contribution in [0.5, 0.6) is 0 Å². The van der Waals surface area contributed by atoms with Gasteiger partial charge in [0.2, 0.25) is 0 Å². The zero-order chi connectivity index (χ0) is 20.8. The maximum Gasteiger partial charge on any atom is 0.417 e. The van der Waals surface area contributed by atoms with Gasteiger partial charge in [-0.3, -0.25) is 5.01 Å². The highest BCUT2D eigenvalue weighted by atomic mass is 35.5. The van der Waals surface area contributed by atoms with Crippen molar-refractivity contribution >= 4 is 28.9 Å². The molecule has 0 aliphatic carbocycles. The van der Waals surface area contributed by atoms with Gasteiger partial charge in [0.05, 0.1) is 11.4 Å². The summed E-state index contributed by atoms with van der Waals surface area (Å²) in [5, 5.41) is 9.46. The molecule has 0 bridgehead atoms. The third kappa shape index (κ3) is 3.36. The summed E-state index contributed by atoms with van der Waals surface area (Å²) in [5.41, 5.74) is -0.780. The standard InChI is InChI=1S/C19H14Cl2F3N5/c1-28-18(19(22,23)24,13-6-14(20)8-15(21)7-13)9-17(27-28)12-2-4-16(5-3-12)29-11-25-10-26-29/h2-8,10-11H,9H2,1H3. The quantitative estimate of drug-likeness (QED) is 0.572. The molecule has 29 heavy (non-hydrogen) atoms. The first kappa shape index (κ1) is 19.7. The highest BCUT2D eigenvalue weighted by Crippen LogP contribution is 2.50. The fraction of sp³-hybridized carbons (Fsp3) is 0.211. The summed E-state index contributed by atoms with van der Waals surface area (Å²) in [6, 6.07) is 10.9. The van der Waals surface area contributed by atoms with Crippen molar-refractivity contribution in [2.24, 2.45) is 5.10 Å². The molecule has 5 nitrogen and oxygen atoms in total. The van der Waals surface area contributed by atoms with Crippen molar-refractivity contribution < 1.29 is 13.2 Å². The van der Waals surface area contributed by atoms with Gasteiger partial charge in [0.15, 0.2) is 5.54 Å². The number of hydrazone groups is 1. The lowest BCUT2D eigenvalue weighted by molar-refractivity contribution is -0.227. The van der Waals surface area contributed by atoms with Crippen LogP contribution < -0.4 is 0 Å². The lowest BCUT2D eigenvalue weighted by Crippen LogP contribution is -2.50. The fourth-order valence-corrected chi connectivity index (χ4v) is 4.02. The van der Waals surface area contributed by atoms with Crippen molar-refractivity contribution in [2.45, 2.75) is 18.1 Å². The molecule has 150 valence electrons. The van der Waals surface area contributed by atoms with Crippen molar-refractivity contribution in [1.29, 1.82) is 0 Å². The Bertz CT molecular complexity index is 1040. The minimum absolute atomic E-state index is 0.0528. The van der Waals surface area contributed by atoms with Crippen molar-refractivity contribution in [1.82, 2.24) is 19.8 Å². The molecule has 1 aliphatic rings. The molecule has 1 aromatic heterocycles.